The number of carbonyl (C=O) groups excluding carboxylic acids is 1. The summed E-state index contributed by atoms with van der Waals surface area (Å²) in [5, 5.41) is 16.8. The van der Waals surface area contributed by atoms with Crippen molar-refractivity contribution in [1.82, 2.24) is 5.32 Å². The van der Waals surface area contributed by atoms with Gasteiger partial charge in [-0.15, -0.1) is 0 Å². The molecule has 0 aliphatic rings. The van der Waals surface area contributed by atoms with Crippen LogP contribution in [0.25, 0.3) is 0 Å². The molecule has 0 saturated heterocycles. The molecule has 0 bridgehead atoms. The molecule has 1 aromatic rings. The third-order valence-corrected chi connectivity index (χ3v) is 3.14. The minimum absolute atomic E-state index is 0.00135. The average Bonchev–Trinajstić information content (AvgIpc) is 2.47. The SMILES string of the molecule is CCCCCCNc1cc(C(=O)NCC)ccc1[N+](=O)[O-]. The third kappa shape index (κ3) is 5.41. The summed E-state index contributed by atoms with van der Waals surface area (Å²) in [6.07, 6.45) is 4.35. The molecule has 6 nitrogen and oxygen atoms in total. The number of nitro groups is 1. The molecular formula is C15H23N3O3. The molecule has 1 amide bonds. The predicted octanol–water partition coefficient (Wildman–Crippen LogP) is 3.34. The first-order valence-corrected chi connectivity index (χ1v) is 7.40. The van der Waals surface area contributed by atoms with Crippen LogP contribution in [0.4, 0.5) is 11.4 Å². The average molecular weight is 293 g/mol. The number of nitro benzene ring substituents is 1. The van der Waals surface area contributed by atoms with E-state index in [4.69, 9.17) is 0 Å². The van der Waals surface area contributed by atoms with Gasteiger partial charge in [-0.05, 0) is 25.5 Å². The van der Waals surface area contributed by atoms with Crippen molar-refractivity contribution in [3.63, 3.8) is 0 Å². The minimum Gasteiger partial charge on any atom is -0.379 e. The maximum atomic E-state index is 11.8. The van der Waals surface area contributed by atoms with Crippen LogP contribution >= 0.6 is 0 Å². The second-order valence-corrected chi connectivity index (χ2v) is 4.84. The van der Waals surface area contributed by atoms with Crippen molar-refractivity contribution in [2.24, 2.45) is 0 Å². The summed E-state index contributed by atoms with van der Waals surface area (Å²) in [4.78, 5) is 22.4. The highest BCUT2D eigenvalue weighted by Gasteiger charge is 2.16. The lowest BCUT2D eigenvalue weighted by Gasteiger charge is -2.09. The Hall–Kier alpha value is -2.11. The molecule has 6 heteroatoms. The summed E-state index contributed by atoms with van der Waals surface area (Å²) in [7, 11) is 0. The molecule has 0 aliphatic carbocycles. The highest BCUT2D eigenvalue weighted by molar-refractivity contribution is 5.95. The highest BCUT2D eigenvalue weighted by atomic mass is 16.6. The smallest absolute Gasteiger partial charge is 0.292 e. The zero-order valence-electron chi connectivity index (χ0n) is 12.6. The number of amides is 1. The van der Waals surface area contributed by atoms with Gasteiger partial charge in [-0.3, -0.25) is 14.9 Å². The molecule has 0 spiro atoms. The van der Waals surface area contributed by atoms with Crippen LogP contribution in [0.1, 0.15) is 49.9 Å². The van der Waals surface area contributed by atoms with E-state index >= 15 is 0 Å². The second-order valence-electron chi connectivity index (χ2n) is 4.84. The summed E-state index contributed by atoms with van der Waals surface area (Å²) < 4.78 is 0. The first-order valence-electron chi connectivity index (χ1n) is 7.40. The van der Waals surface area contributed by atoms with E-state index in [1.807, 2.05) is 6.92 Å². The van der Waals surface area contributed by atoms with Crippen molar-refractivity contribution < 1.29 is 9.72 Å². The van der Waals surface area contributed by atoms with Crippen LogP contribution in [0.2, 0.25) is 0 Å². The number of hydrogen-bond acceptors (Lipinski definition) is 4. The molecule has 0 aromatic heterocycles. The topological polar surface area (TPSA) is 84.3 Å². The predicted molar refractivity (Wildman–Crippen MR) is 83.7 cm³/mol. The number of benzene rings is 1. The van der Waals surface area contributed by atoms with Crippen LogP contribution in [0.15, 0.2) is 18.2 Å². The van der Waals surface area contributed by atoms with Gasteiger partial charge in [0, 0.05) is 24.7 Å². The van der Waals surface area contributed by atoms with Gasteiger partial charge >= 0.3 is 0 Å². The summed E-state index contributed by atoms with van der Waals surface area (Å²) in [6.45, 7) is 5.15. The third-order valence-electron chi connectivity index (χ3n) is 3.14. The molecule has 0 unspecified atom stereocenters. The molecule has 1 rings (SSSR count). The van der Waals surface area contributed by atoms with E-state index in [0.717, 1.165) is 25.7 Å². The Morgan fingerprint density at radius 3 is 2.62 bits per heavy atom. The van der Waals surface area contributed by atoms with Crippen LogP contribution < -0.4 is 10.6 Å². The van der Waals surface area contributed by atoms with E-state index < -0.39 is 4.92 Å². The zero-order valence-corrected chi connectivity index (χ0v) is 12.6. The highest BCUT2D eigenvalue weighted by Crippen LogP contribution is 2.25. The van der Waals surface area contributed by atoms with Crippen molar-refractivity contribution in [1.29, 1.82) is 0 Å². The Labute approximate surface area is 125 Å². The fourth-order valence-electron chi connectivity index (χ4n) is 2.02. The van der Waals surface area contributed by atoms with Gasteiger partial charge in [0.2, 0.25) is 0 Å². The molecule has 0 heterocycles. The molecule has 0 radical (unpaired) electrons. The Balaban J connectivity index is 2.79. The van der Waals surface area contributed by atoms with Gasteiger partial charge < -0.3 is 10.6 Å². The van der Waals surface area contributed by atoms with Gasteiger partial charge in [0.25, 0.3) is 11.6 Å². The molecule has 0 atom stereocenters. The number of nitrogens with one attached hydrogen (secondary N) is 2. The summed E-state index contributed by atoms with van der Waals surface area (Å²) in [6, 6.07) is 4.40. The van der Waals surface area contributed by atoms with Gasteiger partial charge in [0.15, 0.2) is 0 Å². The molecular weight excluding hydrogens is 270 g/mol. The second kappa shape index (κ2) is 8.94. The van der Waals surface area contributed by atoms with Crippen LogP contribution in [0, 0.1) is 10.1 Å². The number of rotatable bonds is 9. The van der Waals surface area contributed by atoms with Crippen LogP contribution in [-0.4, -0.2) is 23.9 Å². The number of hydrogen-bond donors (Lipinski definition) is 2. The van der Waals surface area contributed by atoms with Crippen molar-refractivity contribution in [2.45, 2.75) is 39.5 Å². The standard InChI is InChI=1S/C15H23N3O3/c1-3-5-6-7-10-17-13-11-12(15(19)16-4-2)8-9-14(13)18(20)21/h8-9,11,17H,3-7,10H2,1-2H3,(H,16,19). The fraction of sp³-hybridized carbons (Fsp3) is 0.533. The first-order chi connectivity index (χ1) is 10.1. The fourth-order valence-corrected chi connectivity index (χ4v) is 2.02. The van der Waals surface area contributed by atoms with Gasteiger partial charge in [-0.25, -0.2) is 0 Å². The molecule has 21 heavy (non-hydrogen) atoms. The quantitative estimate of drug-likeness (QED) is 0.415. The van der Waals surface area contributed by atoms with Gasteiger partial charge in [0.05, 0.1) is 4.92 Å². The summed E-state index contributed by atoms with van der Waals surface area (Å²) >= 11 is 0. The molecule has 0 aliphatic heterocycles. The van der Waals surface area contributed by atoms with Crippen LogP contribution in [0.3, 0.4) is 0 Å². The summed E-state index contributed by atoms with van der Waals surface area (Å²) in [5.74, 6) is -0.221. The van der Waals surface area contributed by atoms with E-state index in [1.165, 1.54) is 12.1 Å². The lowest BCUT2D eigenvalue weighted by Crippen LogP contribution is -2.22. The summed E-state index contributed by atoms with van der Waals surface area (Å²) in [5.41, 5.74) is 0.831. The van der Waals surface area contributed by atoms with E-state index in [0.29, 0.717) is 24.3 Å². The Bertz CT molecular complexity index is 489. The number of unbranched alkanes of at least 4 members (excludes halogenated alkanes) is 3. The molecule has 0 fully saturated rings. The number of nitrogens with zero attached hydrogens (tertiary/aromatic N) is 1. The van der Waals surface area contributed by atoms with Crippen molar-refractivity contribution >= 4 is 17.3 Å². The van der Waals surface area contributed by atoms with Gasteiger partial charge in [0.1, 0.15) is 5.69 Å². The van der Waals surface area contributed by atoms with E-state index in [1.54, 1.807) is 6.07 Å². The lowest BCUT2D eigenvalue weighted by atomic mass is 10.1. The molecule has 0 saturated carbocycles. The maximum absolute atomic E-state index is 11.8. The lowest BCUT2D eigenvalue weighted by molar-refractivity contribution is -0.384. The maximum Gasteiger partial charge on any atom is 0.292 e. The van der Waals surface area contributed by atoms with E-state index in [2.05, 4.69) is 17.6 Å². The van der Waals surface area contributed by atoms with Crippen molar-refractivity contribution in [3.05, 3.63) is 33.9 Å². The molecule has 2 N–H and O–H groups in total. The van der Waals surface area contributed by atoms with E-state index in [-0.39, 0.29) is 11.6 Å². The van der Waals surface area contributed by atoms with Gasteiger partial charge in [-0.2, -0.15) is 0 Å². The Morgan fingerprint density at radius 2 is 2.00 bits per heavy atom. The molecule has 116 valence electrons. The minimum atomic E-state index is -0.435. The van der Waals surface area contributed by atoms with E-state index in [9.17, 15) is 14.9 Å². The Kier molecular flexibility index (Phi) is 7.21. The van der Waals surface area contributed by atoms with Gasteiger partial charge in [-0.1, -0.05) is 26.2 Å². The normalized spacial score (nSPS) is 10.2. The largest absolute Gasteiger partial charge is 0.379 e. The Morgan fingerprint density at radius 1 is 1.24 bits per heavy atom. The monoisotopic (exact) mass is 293 g/mol. The van der Waals surface area contributed by atoms with Crippen molar-refractivity contribution in [2.75, 3.05) is 18.4 Å². The number of carbonyl (C=O) groups is 1. The first kappa shape index (κ1) is 16.9. The number of anilines is 1. The zero-order chi connectivity index (χ0) is 15.7. The van der Waals surface area contributed by atoms with Crippen LogP contribution in [0.5, 0.6) is 0 Å². The molecule has 1 aromatic carbocycles. The van der Waals surface area contributed by atoms with Crippen LogP contribution in [-0.2, 0) is 0 Å². The van der Waals surface area contributed by atoms with Crippen molar-refractivity contribution in [3.8, 4) is 0 Å².